The second kappa shape index (κ2) is 5.62. The molecule has 2 heterocycles. The summed E-state index contributed by atoms with van der Waals surface area (Å²) in [5, 5.41) is 1.09. The first-order valence-electron chi connectivity index (χ1n) is 6.59. The van der Waals surface area contributed by atoms with E-state index >= 15 is 0 Å². The molecule has 21 heavy (non-hydrogen) atoms. The summed E-state index contributed by atoms with van der Waals surface area (Å²) in [6.07, 6.45) is 5.48. The highest BCUT2D eigenvalue weighted by atomic mass is 16.2. The number of hydrogen-bond donors (Lipinski definition) is 2. The Balaban J connectivity index is 1.69. The molecule has 2 N–H and O–H groups in total. The van der Waals surface area contributed by atoms with Crippen molar-refractivity contribution in [3.8, 4) is 0 Å². The van der Waals surface area contributed by atoms with Gasteiger partial charge < -0.3 is 4.57 Å². The summed E-state index contributed by atoms with van der Waals surface area (Å²) in [6.45, 7) is 0. The highest BCUT2D eigenvalue weighted by molar-refractivity contribution is 5.89. The minimum atomic E-state index is -0.140. The molecule has 0 aliphatic rings. The number of carbonyl (C=O) groups is 1. The van der Waals surface area contributed by atoms with Crippen LogP contribution in [0.4, 0.5) is 5.95 Å². The van der Waals surface area contributed by atoms with Crippen molar-refractivity contribution in [2.24, 2.45) is 7.05 Å². The number of carbonyl (C=O) groups excluding carboxylic acids is 1. The Morgan fingerprint density at radius 2 is 1.95 bits per heavy atom. The Hall–Kier alpha value is -2.89. The van der Waals surface area contributed by atoms with Gasteiger partial charge in [0.25, 0.3) is 0 Å². The predicted octanol–water partition coefficient (Wildman–Crippen LogP) is 1.65. The lowest BCUT2D eigenvalue weighted by Gasteiger charge is -2.05. The number of nitrogens with zero attached hydrogens (tertiary/aromatic N) is 3. The molecule has 0 saturated heterocycles. The van der Waals surface area contributed by atoms with Crippen LogP contribution in [-0.2, 0) is 18.3 Å². The summed E-state index contributed by atoms with van der Waals surface area (Å²) in [7, 11) is 1.97. The van der Waals surface area contributed by atoms with Crippen LogP contribution in [0, 0.1) is 0 Å². The standard InChI is InChI=1S/C15H15N5O/c1-20-10-11(12-5-2-3-6-13(12)20)9-14(21)18-19-15-16-7-4-8-17-15/h2-8,10H,9H2,1H3,(H,18,21)(H,16,17,19). The van der Waals surface area contributed by atoms with Gasteiger partial charge in [0.1, 0.15) is 0 Å². The van der Waals surface area contributed by atoms with E-state index in [0.717, 1.165) is 16.5 Å². The molecule has 0 aliphatic carbocycles. The van der Waals surface area contributed by atoms with Crippen LogP contribution in [0.25, 0.3) is 10.9 Å². The van der Waals surface area contributed by atoms with Gasteiger partial charge in [0.15, 0.2) is 0 Å². The number of anilines is 1. The molecular weight excluding hydrogens is 266 g/mol. The highest BCUT2D eigenvalue weighted by Crippen LogP contribution is 2.20. The van der Waals surface area contributed by atoms with E-state index in [1.54, 1.807) is 18.5 Å². The predicted molar refractivity (Wildman–Crippen MR) is 80.4 cm³/mol. The van der Waals surface area contributed by atoms with Crippen LogP contribution in [0.1, 0.15) is 5.56 Å². The molecule has 6 heteroatoms. The largest absolute Gasteiger partial charge is 0.350 e. The Morgan fingerprint density at radius 1 is 1.19 bits per heavy atom. The monoisotopic (exact) mass is 281 g/mol. The average molecular weight is 281 g/mol. The molecule has 1 amide bonds. The number of fused-ring (bicyclic) bond motifs is 1. The summed E-state index contributed by atoms with van der Waals surface area (Å²) >= 11 is 0. The van der Waals surface area contributed by atoms with Crippen LogP contribution in [0.3, 0.4) is 0 Å². The zero-order valence-electron chi connectivity index (χ0n) is 11.6. The number of benzene rings is 1. The molecule has 0 bridgehead atoms. The molecule has 0 fully saturated rings. The molecule has 6 nitrogen and oxygen atoms in total. The summed E-state index contributed by atoms with van der Waals surface area (Å²) < 4.78 is 2.02. The number of hydrogen-bond acceptors (Lipinski definition) is 4. The number of aryl methyl sites for hydroxylation is 1. The van der Waals surface area contributed by atoms with Crippen LogP contribution in [0.2, 0.25) is 0 Å². The van der Waals surface area contributed by atoms with Crippen LogP contribution in [-0.4, -0.2) is 20.4 Å². The van der Waals surface area contributed by atoms with Crippen LogP contribution in [0.5, 0.6) is 0 Å². The van der Waals surface area contributed by atoms with Gasteiger partial charge in [-0.05, 0) is 17.7 Å². The molecule has 0 saturated carbocycles. The number of amides is 1. The maximum Gasteiger partial charge on any atom is 0.242 e. The molecular formula is C15H15N5O. The van der Waals surface area contributed by atoms with E-state index in [1.165, 1.54) is 0 Å². The minimum Gasteiger partial charge on any atom is -0.350 e. The van der Waals surface area contributed by atoms with E-state index in [2.05, 4.69) is 20.8 Å². The van der Waals surface area contributed by atoms with Crippen molar-refractivity contribution >= 4 is 22.8 Å². The second-order valence-corrected chi connectivity index (χ2v) is 4.70. The third-order valence-electron chi connectivity index (χ3n) is 3.21. The summed E-state index contributed by atoms with van der Waals surface area (Å²) in [5.41, 5.74) is 7.39. The van der Waals surface area contributed by atoms with E-state index in [0.29, 0.717) is 12.4 Å². The van der Waals surface area contributed by atoms with Crippen molar-refractivity contribution in [3.05, 3.63) is 54.5 Å². The van der Waals surface area contributed by atoms with Gasteiger partial charge in [-0.1, -0.05) is 18.2 Å². The van der Waals surface area contributed by atoms with E-state index in [9.17, 15) is 4.79 Å². The molecule has 3 aromatic rings. The average Bonchev–Trinajstić information content (AvgIpc) is 2.83. The first-order valence-corrected chi connectivity index (χ1v) is 6.59. The van der Waals surface area contributed by atoms with Crippen molar-refractivity contribution in [2.45, 2.75) is 6.42 Å². The first kappa shape index (κ1) is 13.1. The van der Waals surface area contributed by atoms with Crippen molar-refractivity contribution in [2.75, 3.05) is 5.43 Å². The lowest BCUT2D eigenvalue weighted by atomic mass is 10.1. The van der Waals surface area contributed by atoms with Gasteiger partial charge in [0.2, 0.25) is 11.9 Å². The molecule has 0 radical (unpaired) electrons. The van der Waals surface area contributed by atoms with Gasteiger partial charge >= 0.3 is 0 Å². The number of para-hydroxylation sites is 1. The molecule has 3 rings (SSSR count). The molecule has 2 aromatic heterocycles. The van der Waals surface area contributed by atoms with E-state index in [-0.39, 0.29) is 5.91 Å². The summed E-state index contributed by atoms with van der Waals surface area (Å²) in [4.78, 5) is 19.9. The number of rotatable bonds is 4. The Labute approximate surface area is 121 Å². The Morgan fingerprint density at radius 3 is 2.76 bits per heavy atom. The van der Waals surface area contributed by atoms with E-state index in [1.807, 2.05) is 42.1 Å². The number of nitrogens with one attached hydrogen (secondary N) is 2. The third-order valence-corrected chi connectivity index (χ3v) is 3.21. The zero-order chi connectivity index (χ0) is 14.7. The van der Waals surface area contributed by atoms with Gasteiger partial charge in [0.05, 0.1) is 6.42 Å². The van der Waals surface area contributed by atoms with Crippen LogP contribution in [0.15, 0.2) is 48.9 Å². The van der Waals surface area contributed by atoms with Gasteiger partial charge in [-0.3, -0.25) is 15.6 Å². The van der Waals surface area contributed by atoms with Gasteiger partial charge in [-0.15, -0.1) is 0 Å². The number of hydrazine groups is 1. The van der Waals surface area contributed by atoms with E-state index in [4.69, 9.17) is 0 Å². The fraction of sp³-hybridized carbons (Fsp3) is 0.133. The third kappa shape index (κ3) is 2.84. The van der Waals surface area contributed by atoms with Gasteiger partial charge in [-0.2, -0.15) is 0 Å². The van der Waals surface area contributed by atoms with Gasteiger partial charge in [-0.25, -0.2) is 9.97 Å². The van der Waals surface area contributed by atoms with Gasteiger partial charge in [0, 0.05) is 36.5 Å². The van der Waals surface area contributed by atoms with E-state index < -0.39 is 0 Å². The van der Waals surface area contributed by atoms with Crippen LogP contribution >= 0.6 is 0 Å². The lowest BCUT2D eigenvalue weighted by Crippen LogP contribution is -2.31. The summed E-state index contributed by atoms with van der Waals surface area (Å²) in [5.74, 6) is 0.225. The van der Waals surface area contributed by atoms with Crippen molar-refractivity contribution in [3.63, 3.8) is 0 Å². The zero-order valence-corrected chi connectivity index (χ0v) is 11.6. The second-order valence-electron chi connectivity index (χ2n) is 4.70. The van der Waals surface area contributed by atoms with Crippen molar-refractivity contribution in [1.82, 2.24) is 20.0 Å². The highest BCUT2D eigenvalue weighted by Gasteiger charge is 2.10. The molecule has 0 unspecified atom stereocenters. The maximum atomic E-state index is 12.0. The fourth-order valence-electron chi connectivity index (χ4n) is 2.27. The molecule has 0 atom stereocenters. The quantitative estimate of drug-likeness (QED) is 0.713. The minimum absolute atomic E-state index is 0.140. The SMILES string of the molecule is Cn1cc(CC(=O)NNc2ncccn2)c2ccccc21. The fourth-order valence-corrected chi connectivity index (χ4v) is 2.27. The number of aromatic nitrogens is 3. The normalized spacial score (nSPS) is 10.5. The smallest absolute Gasteiger partial charge is 0.242 e. The Kier molecular flexibility index (Phi) is 3.51. The molecule has 1 aromatic carbocycles. The summed E-state index contributed by atoms with van der Waals surface area (Å²) in [6, 6.07) is 9.72. The molecule has 106 valence electrons. The molecule has 0 spiro atoms. The topological polar surface area (TPSA) is 71.8 Å². The van der Waals surface area contributed by atoms with Crippen LogP contribution < -0.4 is 10.9 Å². The van der Waals surface area contributed by atoms with Crippen molar-refractivity contribution < 1.29 is 4.79 Å². The molecule has 0 aliphatic heterocycles. The maximum absolute atomic E-state index is 12.0. The Bertz CT molecular complexity index is 766. The van der Waals surface area contributed by atoms with Crippen molar-refractivity contribution in [1.29, 1.82) is 0 Å². The lowest BCUT2D eigenvalue weighted by molar-refractivity contribution is -0.119. The first-order chi connectivity index (χ1) is 10.2.